The fourth-order valence-electron chi connectivity index (χ4n) is 2.46. The van der Waals surface area contributed by atoms with Crippen LogP contribution in [-0.4, -0.2) is 44.3 Å². The first-order valence-corrected chi connectivity index (χ1v) is 8.35. The number of hydroxylamine groups is 1. The Balaban J connectivity index is 2.01. The SMILES string of the molecule is CC(NOCc1ccc(O)cc1C(=O)O)NC(=O)c1ccc([N+](=O)[O-])cc1C(=O)O. The normalized spacial score (nSPS) is 11.5. The zero-order valence-electron chi connectivity index (χ0n) is 15.5. The molecule has 1 atom stereocenters. The van der Waals surface area contributed by atoms with Crippen molar-refractivity contribution >= 4 is 23.5 Å². The second-order valence-corrected chi connectivity index (χ2v) is 6.04. The number of nitrogens with one attached hydrogen (secondary N) is 2. The Hall–Kier alpha value is -4.03. The zero-order valence-corrected chi connectivity index (χ0v) is 15.5. The molecule has 0 saturated heterocycles. The molecular weight excluding hydrogens is 402 g/mol. The molecule has 0 aromatic heterocycles. The molecule has 5 N–H and O–H groups in total. The Labute approximate surface area is 168 Å². The van der Waals surface area contributed by atoms with E-state index in [-0.39, 0.29) is 29.0 Å². The fraction of sp³-hybridized carbons (Fsp3) is 0.167. The number of carboxylic acids is 2. The van der Waals surface area contributed by atoms with Gasteiger partial charge in [0.15, 0.2) is 0 Å². The summed E-state index contributed by atoms with van der Waals surface area (Å²) < 4.78 is 0. The molecule has 0 heterocycles. The van der Waals surface area contributed by atoms with Crippen LogP contribution in [0.5, 0.6) is 5.75 Å². The molecule has 0 fully saturated rings. The van der Waals surface area contributed by atoms with Crippen LogP contribution in [0.15, 0.2) is 36.4 Å². The molecule has 0 bridgehead atoms. The van der Waals surface area contributed by atoms with Gasteiger partial charge < -0.3 is 20.6 Å². The number of nitro groups is 1. The maximum atomic E-state index is 12.3. The molecular formula is C18H17N3O9. The number of hydrogen-bond acceptors (Lipinski definition) is 8. The van der Waals surface area contributed by atoms with Gasteiger partial charge in [-0.3, -0.25) is 19.7 Å². The van der Waals surface area contributed by atoms with Crippen molar-refractivity contribution in [2.45, 2.75) is 19.7 Å². The van der Waals surface area contributed by atoms with Crippen LogP contribution in [0.1, 0.15) is 43.6 Å². The molecule has 0 spiro atoms. The van der Waals surface area contributed by atoms with Gasteiger partial charge in [0.05, 0.1) is 34.4 Å². The molecule has 0 aliphatic heterocycles. The smallest absolute Gasteiger partial charge is 0.336 e. The van der Waals surface area contributed by atoms with Crippen LogP contribution in [0.2, 0.25) is 0 Å². The summed E-state index contributed by atoms with van der Waals surface area (Å²) in [6.07, 6.45) is -0.834. The summed E-state index contributed by atoms with van der Waals surface area (Å²) in [5.74, 6) is -3.80. The van der Waals surface area contributed by atoms with E-state index in [9.17, 15) is 34.7 Å². The minimum Gasteiger partial charge on any atom is -0.508 e. The number of aromatic carboxylic acids is 2. The summed E-state index contributed by atoms with van der Waals surface area (Å²) in [5, 5.41) is 40.9. The molecule has 0 saturated carbocycles. The summed E-state index contributed by atoms with van der Waals surface area (Å²) in [5.41, 5.74) is 1.25. The summed E-state index contributed by atoms with van der Waals surface area (Å²) in [7, 11) is 0. The van der Waals surface area contributed by atoms with E-state index in [2.05, 4.69) is 10.8 Å². The highest BCUT2D eigenvalue weighted by Gasteiger charge is 2.21. The number of non-ortho nitro benzene ring substituents is 1. The van der Waals surface area contributed by atoms with Crippen molar-refractivity contribution in [2.24, 2.45) is 0 Å². The lowest BCUT2D eigenvalue weighted by molar-refractivity contribution is -0.384. The summed E-state index contributed by atoms with van der Waals surface area (Å²) in [4.78, 5) is 50.0. The van der Waals surface area contributed by atoms with Crippen molar-refractivity contribution in [3.8, 4) is 5.75 Å². The lowest BCUT2D eigenvalue weighted by Gasteiger charge is -2.17. The van der Waals surface area contributed by atoms with E-state index < -0.39 is 40.2 Å². The van der Waals surface area contributed by atoms with Gasteiger partial charge in [0.25, 0.3) is 11.6 Å². The van der Waals surface area contributed by atoms with E-state index in [1.54, 1.807) is 0 Å². The number of nitro benzene ring substituents is 1. The summed E-state index contributed by atoms with van der Waals surface area (Å²) in [6.45, 7) is 1.26. The lowest BCUT2D eigenvalue weighted by atomic mass is 10.1. The van der Waals surface area contributed by atoms with Crippen molar-refractivity contribution in [1.82, 2.24) is 10.8 Å². The lowest BCUT2D eigenvalue weighted by Crippen LogP contribution is -2.43. The molecule has 2 aromatic rings. The Morgan fingerprint density at radius 2 is 1.73 bits per heavy atom. The van der Waals surface area contributed by atoms with Gasteiger partial charge in [0.2, 0.25) is 0 Å². The predicted molar refractivity (Wildman–Crippen MR) is 100.0 cm³/mol. The minimum atomic E-state index is -1.51. The number of carboxylic acid groups (broad SMARTS) is 2. The van der Waals surface area contributed by atoms with Crippen LogP contribution in [0.3, 0.4) is 0 Å². The number of hydrogen-bond donors (Lipinski definition) is 5. The topological polar surface area (TPSA) is 188 Å². The van der Waals surface area contributed by atoms with Crippen LogP contribution in [0.25, 0.3) is 0 Å². The molecule has 0 aliphatic carbocycles. The molecule has 1 unspecified atom stereocenters. The number of carbonyl (C=O) groups is 3. The maximum absolute atomic E-state index is 12.3. The van der Waals surface area contributed by atoms with Crippen LogP contribution in [0.4, 0.5) is 5.69 Å². The molecule has 0 aliphatic rings. The second-order valence-electron chi connectivity index (χ2n) is 6.04. The van der Waals surface area contributed by atoms with E-state index in [0.29, 0.717) is 0 Å². The standard InChI is InChI=1S/C18H17N3O9/c1-9(20-30-8-10-2-4-12(22)7-14(10)17(24)25)19-16(23)13-5-3-11(21(28)29)6-15(13)18(26)27/h2-7,9,20,22H,8H2,1H3,(H,19,23)(H,24,25)(H,26,27). The Morgan fingerprint density at radius 1 is 1.07 bits per heavy atom. The molecule has 0 radical (unpaired) electrons. The molecule has 12 nitrogen and oxygen atoms in total. The fourth-order valence-corrected chi connectivity index (χ4v) is 2.46. The van der Waals surface area contributed by atoms with Gasteiger partial charge in [0, 0.05) is 12.1 Å². The molecule has 30 heavy (non-hydrogen) atoms. The van der Waals surface area contributed by atoms with Crippen molar-refractivity contribution in [1.29, 1.82) is 0 Å². The number of phenolic OH excluding ortho intramolecular Hbond substituents is 1. The average molecular weight is 419 g/mol. The van der Waals surface area contributed by atoms with Gasteiger partial charge in [-0.1, -0.05) is 6.07 Å². The maximum Gasteiger partial charge on any atom is 0.336 e. The van der Waals surface area contributed by atoms with Crippen molar-refractivity contribution in [2.75, 3.05) is 0 Å². The highest BCUT2D eigenvalue weighted by molar-refractivity contribution is 6.05. The second kappa shape index (κ2) is 9.45. The van der Waals surface area contributed by atoms with E-state index in [4.69, 9.17) is 9.94 Å². The summed E-state index contributed by atoms with van der Waals surface area (Å²) in [6, 6.07) is 6.53. The van der Waals surface area contributed by atoms with Gasteiger partial charge in [0.1, 0.15) is 5.75 Å². The first-order chi connectivity index (χ1) is 14.1. The Kier molecular flexibility index (Phi) is 7.01. The number of phenols is 1. The minimum absolute atomic E-state index is 0.162. The van der Waals surface area contributed by atoms with E-state index in [0.717, 1.165) is 24.3 Å². The monoisotopic (exact) mass is 419 g/mol. The highest BCUT2D eigenvalue weighted by atomic mass is 16.6. The third-order valence-corrected chi connectivity index (χ3v) is 3.85. The number of nitrogens with zero attached hydrogens (tertiary/aromatic N) is 1. The van der Waals surface area contributed by atoms with Gasteiger partial charge in [-0.2, -0.15) is 5.48 Å². The van der Waals surface area contributed by atoms with Crippen molar-refractivity contribution < 1.29 is 39.5 Å². The third-order valence-electron chi connectivity index (χ3n) is 3.85. The van der Waals surface area contributed by atoms with Crippen molar-refractivity contribution in [3.63, 3.8) is 0 Å². The molecule has 2 aromatic carbocycles. The molecule has 12 heteroatoms. The number of rotatable bonds is 9. The van der Waals surface area contributed by atoms with E-state index in [1.807, 2.05) is 0 Å². The number of aromatic hydroxyl groups is 1. The number of benzene rings is 2. The quantitative estimate of drug-likeness (QED) is 0.226. The van der Waals surface area contributed by atoms with Crippen LogP contribution in [0, 0.1) is 10.1 Å². The van der Waals surface area contributed by atoms with E-state index in [1.165, 1.54) is 19.1 Å². The first-order valence-electron chi connectivity index (χ1n) is 8.35. The number of carbonyl (C=O) groups excluding carboxylic acids is 1. The Morgan fingerprint density at radius 3 is 2.33 bits per heavy atom. The predicted octanol–water partition coefficient (Wildman–Crippen LogP) is 1.49. The van der Waals surface area contributed by atoms with E-state index >= 15 is 0 Å². The van der Waals surface area contributed by atoms with Gasteiger partial charge in [-0.25, -0.2) is 9.59 Å². The molecule has 158 valence electrons. The van der Waals surface area contributed by atoms with Crippen molar-refractivity contribution in [3.05, 3.63) is 68.8 Å². The molecule has 1 amide bonds. The van der Waals surface area contributed by atoms with Crippen LogP contribution in [-0.2, 0) is 11.4 Å². The number of amides is 1. The van der Waals surface area contributed by atoms with Gasteiger partial charge >= 0.3 is 11.9 Å². The summed E-state index contributed by atoms with van der Waals surface area (Å²) >= 11 is 0. The van der Waals surface area contributed by atoms with Gasteiger partial charge in [-0.05, 0) is 30.7 Å². The van der Waals surface area contributed by atoms with Crippen LogP contribution >= 0.6 is 0 Å². The van der Waals surface area contributed by atoms with Crippen LogP contribution < -0.4 is 10.8 Å². The largest absolute Gasteiger partial charge is 0.508 e. The molecule has 2 rings (SSSR count). The first kappa shape index (κ1) is 22.3. The average Bonchev–Trinajstić information content (AvgIpc) is 2.68. The van der Waals surface area contributed by atoms with Gasteiger partial charge in [-0.15, -0.1) is 0 Å². The Bertz CT molecular complexity index is 1010. The third kappa shape index (κ3) is 5.50. The highest BCUT2D eigenvalue weighted by Crippen LogP contribution is 2.19. The zero-order chi connectivity index (χ0) is 22.4.